The van der Waals surface area contributed by atoms with Gasteiger partial charge in [0.25, 0.3) is 0 Å². The zero-order valence-corrected chi connectivity index (χ0v) is 28.3. The molecule has 1 fully saturated rings. The van der Waals surface area contributed by atoms with Crippen molar-refractivity contribution in [1.82, 2.24) is 9.88 Å². The van der Waals surface area contributed by atoms with Crippen molar-refractivity contribution < 1.29 is 19.0 Å². The number of nitrogens with zero attached hydrogens (tertiary/aromatic N) is 3. The number of ether oxygens (including phenoxy) is 3. The van der Waals surface area contributed by atoms with E-state index in [2.05, 4.69) is 21.7 Å². The molecule has 0 spiro atoms. The molecule has 1 aliphatic heterocycles. The van der Waals surface area contributed by atoms with Gasteiger partial charge in [-0.25, -0.2) is 4.98 Å². The fourth-order valence-electron chi connectivity index (χ4n) is 5.63. The lowest BCUT2D eigenvalue weighted by Crippen LogP contribution is -2.46. The summed E-state index contributed by atoms with van der Waals surface area (Å²) in [4.78, 5) is 21.4. The van der Waals surface area contributed by atoms with E-state index < -0.39 is 0 Å². The van der Waals surface area contributed by atoms with Crippen LogP contribution in [0.2, 0.25) is 10.0 Å². The molecule has 0 aliphatic carbocycles. The minimum atomic E-state index is -0.223. The van der Waals surface area contributed by atoms with Crippen molar-refractivity contribution in [2.75, 3.05) is 51.0 Å². The summed E-state index contributed by atoms with van der Waals surface area (Å²) in [7, 11) is 0. The third-order valence-electron chi connectivity index (χ3n) is 8.33. The Hall–Kier alpha value is -2.74. The fourth-order valence-corrected chi connectivity index (χ4v) is 6.05. The highest BCUT2D eigenvalue weighted by Gasteiger charge is 2.19. The van der Waals surface area contributed by atoms with E-state index in [0.29, 0.717) is 29.0 Å². The molecule has 0 saturated carbocycles. The molecule has 1 saturated heterocycles. The van der Waals surface area contributed by atoms with Crippen LogP contribution in [0.5, 0.6) is 11.6 Å². The minimum Gasteiger partial charge on any atom is -0.494 e. The van der Waals surface area contributed by atoms with Crippen LogP contribution in [0.4, 0.5) is 5.69 Å². The van der Waals surface area contributed by atoms with Crippen molar-refractivity contribution >= 4 is 45.8 Å². The van der Waals surface area contributed by atoms with E-state index >= 15 is 0 Å². The van der Waals surface area contributed by atoms with Gasteiger partial charge in [0.2, 0.25) is 12.7 Å². The average molecular weight is 659 g/mol. The Labute approximate surface area is 279 Å². The van der Waals surface area contributed by atoms with Gasteiger partial charge in [0.15, 0.2) is 0 Å². The van der Waals surface area contributed by atoms with Crippen LogP contribution in [-0.2, 0) is 9.53 Å². The predicted octanol–water partition coefficient (Wildman–Crippen LogP) is 9.32. The molecule has 2 heterocycles. The highest BCUT2D eigenvalue weighted by atomic mass is 35.5. The molecular formula is C36H49Cl2N3O4. The number of pyridine rings is 1. The van der Waals surface area contributed by atoms with Crippen LogP contribution in [0.15, 0.2) is 48.5 Å². The molecule has 1 aliphatic rings. The molecule has 0 atom stereocenters. The molecule has 4 rings (SSSR count). The maximum Gasteiger partial charge on any atom is 0.308 e. The molecule has 2 aromatic carbocycles. The highest BCUT2D eigenvalue weighted by molar-refractivity contribution is 6.43. The summed E-state index contributed by atoms with van der Waals surface area (Å²) in [6, 6.07) is 15.5. The second-order valence-corrected chi connectivity index (χ2v) is 12.6. The van der Waals surface area contributed by atoms with Crippen molar-refractivity contribution in [3.63, 3.8) is 0 Å². The van der Waals surface area contributed by atoms with Gasteiger partial charge in [0.1, 0.15) is 5.75 Å². The number of hydrogen-bond donors (Lipinski definition) is 0. The fraction of sp³-hybridized carbons (Fsp3) is 0.556. The summed E-state index contributed by atoms with van der Waals surface area (Å²) in [6.45, 7) is 7.69. The number of fused-ring (bicyclic) bond motifs is 1. The van der Waals surface area contributed by atoms with E-state index in [1.807, 2.05) is 42.5 Å². The molecule has 7 nitrogen and oxygen atoms in total. The van der Waals surface area contributed by atoms with Gasteiger partial charge in [-0.3, -0.25) is 9.69 Å². The van der Waals surface area contributed by atoms with E-state index in [-0.39, 0.29) is 12.8 Å². The zero-order chi connectivity index (χ0) is 31.7. The van der Waals surface area contributed by atoms with Gasteiger partial charge in [0, 0.05) is 50.1 Å². The van der Waals surface area contributed by atoms with Crippen molar-refractivity contribution in [3.05, 3.63) is 58.6 Å². The summed E-state index contributed by atoms with van der Waals surface area (Å²) in [6.07, 6.45) is 13.4. The van der Waals surface area contributed by atoms with Crippen molar-refractivity contribution in [2.45, 2.75) is 84.0 Å². The number of aromatic nitrogens is 1. The molecule has 45 heavy (non-hydrogen) atoms. The smallest absolute Gasteiger partial charge is 0.308 e. The molecule has 0 radical (unpaired) electrons. The number of hydrogen-bond acceptors (Lipinski definition) is 7. The van der Waals surface area contributed by atoms with E-state index in [0.717, 1.165) is 80.7 Å². The number of anilines is 1. The summed E-state index contributed by atoms with van der Waals surface area (Å²) < 4.78 is 16.9. The Balaban J connectivity index is 1.07. The number of rotatable bonds is 20. The lowest BCUT2D eigenvalue weighted by atomic mass is 10.1. The third-order valence-corrected chi connectivity index (χ3v) is 9.14. The van der Waals surface area contributed by atoms with E-state index in [1.165, 1.54) is 44.9 Å². The molecule has 9 heteroatoms. The summed E-state index contributed by atoms with van der Waals surface area (Å²) in [5.41, 5.74) is 1.80. The molecule has 0 bridgehead atoms. The van der Waals surface area contributed by atoms with Crippen LogP contribution in [-0.4, -0.2) is 62.0 Å². The maximum atomic E-state index is 12.1. The number of benzene rings is 2. The molecule has 246 valence electrons. The summed E-state index contributed by atoms with van der Waals surface area (Å²) >= 11 is 12.6. The number of esters is 1. The SMILES string of the molecule is CCCCCCCCCCCC(=O)OCOc1ccc2ccc(OCCCCN3CCN(c4cccc(Cl)c4Cl)CC3)cc2n1. The number of piperazine rings is 1. The number of carbonyl (C=O) groups is 1. The van der Waals surface area contributed by atoms with Crippen LogP contribution >= 0.6 is 23.2 Å². The lowest BCUT2D eigenvalue weighted by Gasteiger charge is -2.36. The standard InChI is InChI=1S/C36H49Cl2N3O4/c1-2-3-4-5-6-7-8-9-10-16-35(42)45-28-44-34-20-18-29-17-19-30(27-32(29)39-34)43-26-12-11-21-40-22-24-41(25-23-40)33-15-13-14-31(37)36(33)38/h13-15,17-20,27H,2-12,16,21-26,28H2,1H3. The Kier molecular flexibility index (Phi) is 15.4. The van der Waals surface area contributed by atoms with Crippen LogP contribution < -0.4 is 14.4 Å². The van der Waals surface area contributed by atoms with E-state index in [9.17, 15) is 4.79 Å². The largest absolute Gasteiger partial charge is 0.494 e. The van der Waals surface area contributed by atoms with Gasteiger partial charge in [-0.15, -0.1) is 0 Å². The van der Waals surface area contributed by atoms with Crippen molar-refractivity contribution in [3.8, 4) is 11.6 Å². The van der Waals surface area contributed by atoms with Crippen LogP contribution in [0.3, 0.4) is 0 Å². The quantitative estimate of drug-likeness (QED) is 0.0681. The normalized spacial score (nSPS) is 13.7. The first-order valence-corrected chi connectivity index (χ1v) is 17.5. The Morgan fingerprint density at radius 3 is 2.33 bits per heavy atom. The van der Waals surface area contributed by atoms with E-state index in [4.69, 9.17) is 37.4 Å². The van der Waals surface area contributed by atoms with Gasteiger partial charge in [-0.05, 0) is 56.1 Å². The van der Waals surface area contributed by atoms with Crippen LogP contribution in [0.1, 0.15) is 84.0 Å². The summed E-state index contributed by atoms with van der Waals surface area (Å²) in [5.74, 6) is 0.985. The van der Waals surface area contributed by atoms with Gasteiger partial charge in [-0.2, -0.15) is 0 Å². The zero-order valence-electron chi connectivity index (χ0n) is 26.8. The van der Waals surface area contributed by atoms with Gasteiger partial charge >= 0.3 is 5.97 Å². The maximum absolute atomic E-state index is 12.1. The van der Waals surface area contributed by atoms with Gasteiger partial charge < -0.3 is 19.1 Å². The first-order valence-electron chi connectivity index (χ1n) is 16.8. The number of unbranched alkanes of at least 4 members (excludes halogenated alkanes) is 9. The second kappa shape index (κ2) is 19.7. The average Bonchev–Trinajstić information content (AvgIpc) is 3.05. The van der Waals surface area contributed by atoms with Gasteiger partial charge in [-0.1, -0.05) is 87.6 Å². The monoisotopic (exact) mass is 657 g/mol. The van der Waals surface area contributed by atoms with Crippen molar-refractivity contribution in [2.24, 2.45) is 0 Å². The highest BCUT2D eigenvalue weighted by Crippen LogP contribution is 2.33. The molecule has 1 aromatic heterocycles. The second-order valence-electron chi connectivity index (χ2n) is 11.8. The van der Waals surface area contributed by atoms with Crippen LogP contribution in [0, 0.1) is 0 Å². The molecule has 0 N–H and O–H groups in total. The molecular weight excluding hydrogens is 609 g/mol. The first kappa shape index (κ1) is 35.1. The topological polar surface area (TPSA) is 64.1 Å². The van der Waals surface area contributed by atoms with Gasteiger partial charge in [0.05, 0.1) is 27.9 Å². The van der Waals surface area contributed by atoms with E-state index in [1.54, 1.807) is 6.07 Å². The Bertz CT molecular complexity index is 1320. The number of carbonyl (C=O) groups excluding carboxylic acids is 1. The predicted molar refractivity (Wildman–Crippen MR) is 185 cm³/mol. The van der Waals surface area contributed by atoms with Crippen molar-refractivity contribution in [1.29, 1.82) is 0 Å². The summed E-state index contributed by atoms with van der Waals surface area (Å²) in [5, 5.41) is 2.23. The third kappa shape index (κ3) is 12.2. The van der Waals surface area contributed by atoms with Crippen LogP contribution in [0.25, 0.3) is 10.9 Å². The molecule has 3 aromatic rings. The number of halogens is 2. The molecule has 0 amide bonds. The minimum absolute atomic E-state index is 0.131. The lowest BCUT2D eigenvalue weighted by molar-refractivity contribution is -0.150. The Morgan fingerprint density at radius 1 is 0.822 bits per heavy atom. The first-order chi connectivity index (χ1) is 22.0. The Morgan fingerprint density at radius 2 is 1.56 bits per heavy atom. The molecule has 0 unspecified atom stereocenters.